The molecule has 160 valence electrons. The molecule has 0 amide bonds. The number of nitrogens with one attached hydrogen (secondary N) is 1. The smallest absolute Gasteiger partial charge is 0.174 e. The van der Waals surface area contributed by atoms with Crippen molar-refractivity contribution in [1.82, 2.24) is 14.9 Å². The van der Waals surface area contributed by atoms with Gasteiger partial charge in [-0.2, -0.15) is 0 Å². The van der Waals surface area contributed by atoms with E-state index in [9.17, 15) is 0 Å². The molecular weight excluding hydrogens is 408 g/mol. The molecule has 3 atom stereocenters. The fraction of sp³-hybridized carbons (Fsp3) is 0.333. The van der Waals surface area contributed by atoms with Crippen molar-refractivity contribution in [1.29, 1.82) is 0 Å². The number of hydrogen-bond donors (Lipinski definition) is 1. The highest BCUT2D eigenvalue weighted by Crippen LogP contribution is 2.42. The van der Waals surface area contributed by atoms with Crippen LogP contribution < -0.4 is 15.0 Å². The third kappa shape index (κ3) is 3.91. The Morgan fingerprint density at radius 2 is 2.03 bits per heavy atom. The highest BCUT2D eigenvalue weighted by atomic mass is 32.1. The van der Waals surface area contributed by atoms with Crippen molar-refractivity contribution in [3.63, 3.8) is 0 Å². The van der Waals surface area contributed by atoms with Crippen molar-refractivity contribution in [3.05, 3.63) is 78.4 Å². The molecule has 0 saturated carbocycles. The topological polar surface area (TPSA) is 51.5 Å². The lowest BCUT2D eigenvalue weighted by molar-refractivity contribution is 0.0961. The zero-order valence-corrected chi connectivity index (χ0v) is 18.3. The van der Waals surface area contributed by atoms with E-state index >= 15 is 0 Å². The van der Waals surface area contributed by atoms with Crippen molar-refractivity contribution in [2.24, 2.45) is 0 Å². The summed E-state index contributed by atoms with van der Waals surface area (Å²) in [6.07, 6.45) is 6.46. The molecule has 1 aromatic carbocycles. The molecular formula is C24H26N4O2S. The number of anilines is 1. The van der Waals surface area contributed by atoms with Gasteiger partial charge in [-0.15, -0.1) is 0 Å². The maximum absolute atomic E-state index is 5.91. The Labute approximate surface area is 187 Å². The summed E-state index contributed by atoms with van der Waals surface area (Å²) in [5.74, 6) is 0.821. The van der Waals surface area contributed by atoms with Gasteiger partial charge in [-0.25, -0.2) is 0 Å². The van der Waals surface area contributed by atoms with E-state index in [1.54, 1.807) is 7.11 Å². The quantitative estimate of drug-likeness (QED) is 0.586. The highest BCUT2D eigenvalue weighted by Gasteiger charge is 2.42. The van der Waals surface area contributed by atoms with Crippen LogP contribution in [0.4, 0.5) is 5.69 Å². The Balaban J connectivity index is 1.56. The number of ether oxygens (including phenoxy) is 2. The van der Waals surface area contributed by atoms with E-state index in [-0.39, 0.29) is 18.2 Å². The Morgan fingerprint density at radius 3 is 2.74 bits per heavy atom. The van der Waals surface area contributed by atoms with E-state index in [0.29, 0.717) is 5.11 Å². The molecule has 0 spiro atoms. The van der Waals surface area contributed by atoms with Gasteiger partial charge in [0.2, 0.25) is 0 Å². The van der Waals surface area contributed by atoms with Crippen LogP contribution in [0.2, 0.25) is 0 Å². The molecule has 2 aliphatic heterocycles. The number of nitrogens with zero attached hydrogens (tertiary/aromatic N) is 3. The fourth-order valence-corrected chi connectivity index (χ4v) is 4.89. The predicted octanol–water partition coefficient (Wildman–Crippen LogP) is 4.25. The minimum absolute atomic E-state index is 0.0350. The molecule has 31 heavy (non-hydrogen) atoms. The van der Waals surface area contributed by atoms with Gasteiger partial charge in [0.15, 0.2) is 5.11 Å². The summed E-state index contributed by atoms with van der Waals surface area (Å²) in [5.41, 5.74) is 3.18. The van der Waals surface area contributed by atoms with E-state index in [0.717, 1.165) is 43.1 Å². The summed E-state index contributed by atoms with van der Waals surface area (Å²) in [5, 5.41) is 4.22. The van der Waals surface area contributed by atoms with Gasteiger partial charge in [0, 0.05) is 36.9 Å². The molecule has 3 aromatic rings. The number of methoxy groups -OCH3 is 1. The van der Waals surface area contributed by atoms with Crippen molar-refractivity contribution < 1.29 is 9.47 Å². The lowest BCUT2D eigenvalue weighted by atomic mass is 10.0. The number of rotatable bonds is 6. The van der Waals surface area contributed by atoms with E-state index in [4.69, 9.17) is 21.7 Å². The zero-order valence-electron chi connectivity index (χ0n) is 17.5. The summed E-state index contributed by atoms with van der Waals surface area (Å²) in [7, 11) is 1.68. The molecule has 0 unspecified atom stereocenters. The third-order valence-electron chi connectivity index (χ3n) is 6.04. The first-order valence-corrected chi connectivity index (χ1v) is 11.1. The van der Waals surface area contributed by atoms with Crippen LogP contribution in [-0.2, 0) is 11.3 Å². The van der Waals surface area contributed by atoms with Crippen molar-refractivity contribution >= 4 is 23.0 Å². The van der Waals surface area contributed by atoms with Crippen molar-refractivity contribution in [2.75, 3.05) is 18.6 Å². The first-order chi connectivity index (χ1) is 15.2. The van der Waals surface area contributed by atoms with Gasteiger partial charge in [0.1, 0.15) is 11.8 Å². The summed E-state index contributed by atoms with van der Waals surface area (Å²) in [6, 6.07) is 18.2. The van der Waals surface area contributed by atoms with Crippen LogP contribution >= 0.6 is 12.2 Å². The zero-order chi connectivity index (χ0) is 21.2. The normalized spacial score (nSPS) is 23.2. The molecule has 5 rings (SSSR count). The molecule has 7 heteroatoms. The van der Waals surface area contributed by atoms with E-state index in [1.807, 2.05) is 42.6 Å². The van der Waals surface area contributed by atoms with Gasteiger partial charge >= 0.3 is 0 Å². The molecule has 2 aromatic heterocycles. The molecule has 4 heterocycles. The Hall–Kier alpha value is -2.90. The van der Waals surface area contributed by atoms with Crippen LogP contribution in [0.1, 0.15) is 36.3 Å². The van der Waals surface area contributed by atoms with Crippen LogP contribution in [-0.4, -0.2) is 34.5 Å². The maximum Gasteiger partial charge on any atom is 0.174 e. The lowest BCUT2D eigenvalue weighted by Gasteiger charge is -2.29. The number of benzene rings is 1. The van der Waals surface area contributed by atoms with E-state index in [1.165, 1.54) is 5.69 Å². The number of pyridine rings is 1. The van der Waals surface area contributed by atoms with Crippen LogP contribution in [0.5, 0.6) is 5.75 Å². The van der Waals surface area contributed by atoms with E-state index in [2.05, 4.69) is 44.2 Å². The Kier molecular flexibility index (Phi) is 5.61. The van der Waals surface area contributed by atoms with Gasteiger partial charge in [-0.05, 0) is 73.6 Å². The summed E-state index contributed by atoms with van der Waals surface area (Å²) < 4.78 is 13.6. The largest absolute Gasteiger partial charge is 0.497 e. The third-order valence-corrected chi connectivity index (χ3v) is 6.36. The van der Waals surface area contributed by atoms with Crippen LogP contribution in [0.25, 0.3) is 0 Å². The average molecular weight is 435 g/mol. The number of thiocarbonyl (C=S) groups is 1. The van der Waals surface area contributed by atoms with Gasteiger partial charge in [0.05, 0.1) is 24.9 Å². The van der Waals surface area contributed by atoms with E-state index < -0.39 is 0 Å². The first kappa shape index (κ1) is 20.0. The van der Waals surface area contributed by atoms with Crippen molar-refractivity contribution in [3.8, 4) is 5.75 Å². The standard InChI is InChI=1S/C24H26N4O2S/c1-29-18-11-9-17(10-12-18)28-23(22(26-24(28)31)20-7-2-3-13-25-20)21-8-4-14-27(21)16-19-6-5-15-30-19/h2-4,7-14,19,22-23H,5-6,15-16H2,1H3,(H,26,31)/t19-,22+,23+/m0/s1. The monoisotopic (exact) mass is 434 g/mol. The summed E-state index contributed by atoms with van der Waals surface area (Å²) in [4.78, 5) is 6.83. The molecule has 1 N–H and O–H groups in total. The molecule has 0 aliphatic carbocycles. The van der Waals surface area contributed by atoms with Gasteiger partial charge in [0.25, 0.3) is 0 Å². The molecule has 0 bridgehead atoms. The number of aromatic nitrogens is 2. The predicted molar refractivity (Wildman–Crippen MR) is 124 cm³/mol. The number of hydrogen-bond acceptors (Lipinski definition) is 4. The molecule has 2 saturated heterocycles. The van der Waals surface area contributed by atoms with Gasteiger partial charge in [-0.3, -0.25) is 4.98 Å². The first-order valence-electron chi connectivity index (χ1n) is 10.7. The minimum Gasteiger partial charge on any atom is -0.497 e. The lowest BCUT2D eigenvalue weighted by Crippen LogP contribution is -2.31. The average Bonchev–Trinajstić information content (AvgIpc) is 3.55. The fourth-order valence-electron chi connectivity index (χ4n) is 4.55. The Morgan fingerprint density at radius 1 is 1.16 bits per heavy atom. The second-order valence-electron chi connectivity index (χ2n) is 7.92. The van der Waals surface area contributed by atoms with Gasteiger partial charge in [-0.1, -0.05) is 6.07 Å². The van der Waals surface area contributed by atoms with Crippen LogP contribution in [0.3, 0.4) is 0 Å². The summed E-state index contributed by atoms with van der Waals surface area (Å²) in [6.45, 7) is 1.70. The second-order valence-corrected chi connectivity index (χ2v) is 8.30. The molecule has 2 aliphatic rings. The molecule has 6 nitrogen and oxygen atoms in total. The second kappa shape index (κ2) is 8.69. The SMILES string of the molecule is COc1ccc(N2C(=S)N[C@H](c3ccccn3)[C@H]2c2cccn2C[C@@H]2CCCO2)cc1. The Bertz CT molecular complexity index is 1030. The molecule has 2 fully saturated rings. The van der Waals surface area contributed by atoms with Gasteiger partial charge < -0.3 is 24.3 Å². The maximum atomic E-state index is 5.91. The van der Waals surface area contributed by atoms with Crippen LogP contribution in [0, 0.1) is 0 Å². The highest BCUT2D eigenvalue weighted by molar-refractivity contribution is 7.80. The minimum atomic E-state index is -0.0612. The van der Waals surface area contributed by atoms with Crippen molar-refractivity contribution in [2.45, 2.75) is 37.6 Å². The molecule has 0 radical (unpaired) electrons. The van der Waals surface area contributed by atoms with Crippen LogP contribution in [0.15, 0.2) is 67.0 Å². The summed E-state index contributed by atoms with van der Waals surface area (Å²) >= 11 is 5.82.